The van der Waals surface area contributed by atoms with Crippen LogP contribution in [0.15, 0.2) is 10.7 Å². The fourth-order valence-electron chi connectivity index (χ4n) is 2.33. The molecule has 1 aromatic heterocycles. The van der Waals surface area contributed by atoms with Gasteiger partial charge in [-0.1, -0.05) is 0 Å². The summed E-state index contributed by atoms with van der Waals surface area (Å²) in [5, 5.41) is 14.9. The maximum absolute atomic E-state index is 10.8. The van der Waals surface area contributed by atoms with Gasteiger partial charge in [-0.15, -0.1) is 0 Å². The van der Waals surface area contributed by atoms with E-state index < -0.39 is 4.92 Å². The molecule has 1 aliphatic carbocycles. The summed E-state index contributed by atoms with van der Waals surface area (Å²) in [6.45, 7) is 1.73. The highest BCUT2D eigenvalue weighted by Gasteiger charge is 2.25. The van der Waals surface area contributed by atoms with Crippen LogP contribution in [0, 0.1) is 17.0 Å². The third kappa shape index (κ3) is 3.20. The molecule has 0 bridgehead atoms. The van der Waals surface area contributed by atoms with Crippen molar-refractivity contribution in [1.29, 1.82) is 0 Å². The van der Waals surface area contributed by atoms with Gasteiger partial charge in [-0.2, -0.15) is 11.8 Å². The van der Waals surface area contributed by atoms with E-state index in [0.717, 1.165) is 12.8 Å². The lowest BCUT2D eigenvalue weighted by Crippen LogP contribution is -2.17. The van der Waals surface area contributed by atoms with Crippen LogP contribution in [0.2, 0.25) is 0 Å². The molecule has 19 heavy (non-hydrogen) atoms. The number of aromatic nitrogens is 1. The van der Waals surface area contributed by atoms with Crippen molar-refractivity contribution in [2.24, 2.45) is 0 Å². The van der Waals surface area contributed by atoms with Gasteiger partial charge in [0.05, 0.1) is 9.40 Å². The van der Waals surface area contributed by atoms with Crippen molar-refractivity contribution in [3.8, 4) is 0 Å². The molecule has 0 radical (unpaired) electrons. The Balaban J connectivity index is 2.14. The number of anilines is 1. The van der Waals surface area contributed by atoms with Gasteiger partial charge in [-0.25, -0.2) is 4.98 Å². The Kier molecular flexibility index (Phi) is 4.67. The van der Waals surface area contributed by atoms with Crippen molar-refractivity contribution in [2.75, 3.05) is 11.6 Å². The summed E-state index contributed by atoms with van der Waals surface area (Å²) in [6.07, 6.45) is 6.91. The molecule has 2 unspecified atom stereocenters. The smallest absolute Gasteiger partial charge is 0.291 e. The van der Waals surface area contributed by atoms with Crippen LogP contribution < -0.4 is 5.32 Å². The van der Waals surface area contributed by atoms with Crippen molar-refractivity contribution >= 4 is 39.2 Å². The number of nitrogens with one attached hydrogen (secondary N) is 1. The third-order valence-corrected chi connectivity index (χ3v) is 5.56. The van der Waals surface area contributed by atoms with Crippen molar-refractivity contribution in [2.45, 2.75) is 37.5 Å². The molecule has 0 spiro atoms. The van der Waals surface area contributed by atoms with Gasteiger partial charge in [0.25, 0.3) is 5.69 Å². The second kappa shape index (κ2) is 6.09. The first-order valence-corrected chi connectivity index (χ1v) is 8.19. The monoisotopic (exact) mass is 345 g/mol. The Morgan fingerprint density at radius 2 is 2.32 bits per heavy atom. The number of halogens is 1. The van der Waals surface area contributed by atoms with Gasteiger partial charge in [0, 0.05) is 16.9 Å². The predicted octanol–water partition coefficient (Wildman–Crippen LogP) is 3.76. The lowest BCUT2D eigenvalue weighted by Gasteiger charge is -2.15. The van der Waals surface area contributed by atoms with E-state index in [0.29, 0.717) is 27.1 Å². The minimum atomic E-state index is -0.407. The molecule has 1 aliphatic rings. The van der Waals surface area contributed by atoms with Gasteiger partial charge in [0.15, 0.2) is 0 Å². The molecule has 0 aromatic carbocycles. The van der Waals surface area contributed by atoms with Crippen LogP contribution in [0.25, 0.3) is 0 Å². The minimum absolute atomic E-state index is 0.0471. The van der Waals surface area contributed by atoms with E-state index in [1.165, 1.54) is 12.6 Å². The summed E-state index contributed by atoms with van der Waals surface area (Å²) in [5.74, 6) is 0.704. The van der Waals surface area contributed by atoms with Crippen molar-refractivity contribution in [1.82, 2.24) is 4.98 Å². The topological polar surface area (TPSA) is 68.1 Å². The second-order valence-corrected chi connectivity index (χ2v) is 6.63. The largest absolute Gasteiger partial charge is 0.366 e. The fraction of sp³-hybridized carbons (Fsp3) is 0.583. The molecule has 0 aliphatic heterocycles. The zero-order valence-corrected chi connectivity index (χ0v) is 13.3. The first kappa shape index (κ1) is 14.6. The molecular formula is C12H16BrN3O2S. The Morgan fingerprint density at radius 3 is 2.89 bits per heavy atom. The van der Waals surface area contributed by atoms with Gasteiger partial charge in [0.2, 0.25) is 0 Å². The summed E-state index contributed by atoms with van der Waals surface area (Å²) in [4.78, 5) is 14.6. The first-order chi connectivity index (χ1) is 9.02. The second-order valence-electron chi connectivity index (χ2n) is 4.70. The van der Waals surface area contributed by atoms with E-state index in [4.69, 9.17) is 0 Å². The van der Waals surface area contributed by atoms with Crippen LogP contribution in [0.4, 0.5) is 11.5 Å². The Hall–Kier alpha value is -0.820. The molecule has 7 heteroatoms. The Morgan fingerprint density at radius 1 is 1.58 bits per heavy atom. The normalized spacial score (nSPS) is 22.5. The number of nitrogens with zero attached hydrogens (tertiary/aromatic N) is 2. The number of rotatable bonds is 4. The molecule has 104 valence electrons. The van der Waals surface area contributed by atoms with Crippen LogP contribution in [-0.2, 0) is 0 Å². The maximum Gasteiger partial charge on any atom is 0.291 e. The van der Waals surface area contributed by atoms with E-state index in [1.807, 2.05) is 11.8 Å². The molecule has 0 saturated heterocycles. The lowest BCUT2D eigenvalue weighted by molar-refractivity contribution is -0.385. The predicted molar refractivity (Wildman–Crippen MR) is 81.9 cm³/mol. The van der Waals surface area contributed by atoms with E-state index in [2.05, 4.69) is 32.5 Å². The van der Waals surface area contributed by atoms with Gasteiger partial charge in [0.1, 0.15) is 12.0 Å². The molecule has 1 aromatic rings. The van der Waals surface area contributed by atoms with Crippen molar-refractivity contribution < 1.29 is 4.92 Å². The van der Waals surface area contributed by atoms with Gasteiger partial charge in [-0.3, -0.25) is 10.1 Å². The fourth-order valence-corrected chi connectivity index (χ4v) is 3.55. The number of thioether (sulfide) groups is 1. The van der Waals surface area contributed by atoms with Crippen LogP contribution in [-0.4, -0.2) is 27.5 Å². The van der Waals surface area contributed by atoms with Crippen molar-refractivity contribution in [3.05, 3.63) is 26.3 Å². The summed E-state index contributed by atoms with van der Waals surface area (Å²) >= 11 is 5.30. The highest BCUT2D eigenvalue weighted by molar-refractivity contribution is 9.10. The summed E-state index contributed by atoms with van der Waals surface area (Å²) in [6, 6.07) is 0.405. The lowest BCUT2D eigenvalue weighted by atomic mass is 10.2. The molecule has 0 amide bonds. The van der Waals surface area contributed by atoms with E-state index >= 15 is 0 Å². The SMILES string of the molecule is CSC1CCC(Nc2ncc([N+](=O)[O-])c(C)c2Br)C1. The molecule has 1 fully saturated rings. The number of hydrogen-bond donors (Lipinski definition) is 1. The zero-order valence-electron chi connectivity index (χ0n) is 10.9. The van der Waals surface area contributed by atoms with Crippen LogP contribution >= 0.6 is 27.7 Å². The Labute approximate surface area is 124 Å². The zero-order chi connectivity index (χ0) is 14.0. The van der Waals surface area contributed by atoms with Gasteiger partial charge in [-0.05, 0) is 48.4 Å². The first-order valence-electron chi connectivity index (χ1n) is 6.11. The molecule has 2 atom stereocenters. The van der Waals surface area contributed by atoms with Gasteiger partial charge < -0.3 is 5.32 Å². The molecule has 1 saturated carbocycles. The molecular weight excluding hydrogens is 330 g/mol. The van der Waals surface area contributed by atoms with Gasteiger partial charge >= 0.3 is 0 Å². The highest BCUT2D eigenvalue weighted by Crippen LogP contribution is 2.34. The summed E-state index contributed by atoms with van der Waals surface area (Å²) in [5.41, 5.74) is 0.660. The molecule has 5 nitrogen and oxygen atoms in total. The van der Waals surface area contributed by atoms with Crippen LogP contribution in [0.5, 0.6) is 0 Å². The third-order valence-electron chi connectivity index (χ3n) is 3.49. The van der Waals surface area contributed by atoms with E-state index in [9.17, 15) is 10.1 Å². The van der Waals surface area contributed by atoms with E-state index in [1.54, 1.807) is 6.92 Å². The average Bonchev–Trinajstić information content (AvgIpc) is 2.82. The Bertz CT molecular complexity index is 498. The van der Waals surface area contributed by atoms with E-state index in [-0.39, 0.29) is 5.69 Å². The number of hydrogen-bond acceptors (Lipinski definition) is 5. The highest BCUT2D eigenvalue weighted by atomic mass is 79.9. The van der Waals surface area contributed by atoms with Crippen LogP contribution in [0.3, 0.4) is 0 Å². The standard InChI is InChI=1S/C12H16BrN3O2S/c1-7-10(16(17)18)6-14-12(11(7)13)15-8-3-4-9(5-8)19-2/h6,8-9H,3-5H2,1-2H3,(H,14,15). The number of nitro groups is 1. The van der Waals surface area contributed by atoms with Crippen LogP contribution in [0.1, 0.15) is 24.8 Å². The maximum atomic E-state index is 10.8. The number of pyridine rings is 1. The average molecular weight is 346 g/mol. The molecule has 1 heterocycles. The quantitative estimate of drug-likeness (QED) is 0.664. The molecule has 2 rings (SSSR count). The summed E-state index contributed by atoms with van der Waals surface area (Å²) in [7, 11) is 0. The minimum Gasteiger partial charge on any atom is -0.366 e. The summed E-state index contributed by atoms with van der Waals surface area (Å²) < 4.78 is 0.689. The van der Waals surface area contributed by atoms with Crippen molar-refractivity contribution in [3.63, 3.8) is 0 Å². The molecule has 1 N–H and O–H groups in total.